The maximum atomic E-state index is 12.4. The second-order valence-corrected chi connectivity index (χ2v) is 9.45. The van der Waals surface area contributed by atoms with Gasteiger partial charge in [-0.05, 0) is 30.5 Å². The molecule has 36 heavy (non-hydrogen) atoms. The van der Waals surface area contributed by atoms with E-state index in [1.165, 1.54) is 17.0 Å². The fourth-order valence-electron chi connectivity index (χ4n) is 4.19. The zero-order chi connectivity index (χ0) is 24.9. The van der Waals surface area contributed by atoms with E-state index in [1.54, 1.807) is 6.21 Å². The third kappa shape index (κ3) is 5.04. The lowest BCUT2D eigenvalue weighted by atomic mass is 9.96. The predicted octanol–water partition coefficient (Wildman–Crippen LogP) is 4.92. The number of nitrogens with one attached hydrogen (secondary N) is 2. The number of carbonyl (C=O) groups is 1. The molecule has 1 amide bonds. The number of H-pyrrole nitrogens is 1. The fraction of sp³-hybridized carbons (Fsp3) is 0.143. The molecular weight excluding hydrogens is 468 g/mol. The quantitative estimate of drug-likeness (QED) is 0.193. The number of aromatic nitrogens is 3. The Bertz CT molecular complexity index is 1450. The van der Waals surface area contributed by atoms with E-state index < -0.39 is 0 Å². The van der Waals surface area contributed by atoms with Crippen molar-refractivity contribution in [2.45, 2.75) is 25.7 Å². The van der Waals surface area contributed by atoms with Crippen LogP contribution in [0.1, 0.15) is 45.9 Å². The molecule has 7 nitrogen and oxygen atoms in total. The van der Waals surface area contributed by atoms with Crippen LogP contribution in [0.5, 0.6) is 0 Å². The number of hydrogen-bond acceptors (Lipinski definition) is 5. The molecule has 1 aliphatic carbocycles. The number of nitrogens with two attached hydrogens (primary N) is 1. The molecular formula is C28H27N6OS+. The number of rotatable bonds is 7. The normalized spacial score (nSPS) is 15.0. The minimum absolute atomic E-state index is 0.286. The minimum atomic E-state index is -0.302. The number of nitrogen functional groups attached to an aromatic ring is 1. The van der Waals surface area contributed by atoms with Crippen molar-refractivity contribution < 1.29 is 9.48 Å². The van der Waals surface area contributed by atoms with Gasteiger partial charge in [-0.3, -0.25) is 4.79 Å². The number of amides is 1. The highest BCUT2D eigenvalue weighted by Crippen LogP contribution is 2.27. The summed E-state index contributed by atoms with van der Waals surface area (Å²) in [6.45, 7) is 1.94. The Morgan fingerprint density at radius 2 is 2.03 bits per heavy atom. The molecule has 2 aromatic heterocycles. The summed E-state index contributed by atoms with van der Waals surface area (Å²) in [4.78, 5) is 17.1. The third-order valence-electron chi connectivity index (χ3n) is 6.01. The Labute approximate surface area is 213 Å². The number of hydrogen-bond donors (Lipinski definition) is 3. The molecule has 0 fully saturated rings. The molecule has 1 unspecified atom stereocenters. The van der Waals surface area contributed by atoms with Gasteiger partial charge in [0, 0.05) is 23.8 Å². The van der Waals surface area contributed by atoms with Crippen LogP contribution in [0.3, 0.4) is 0 Å². The van der Waals surface area contributed by atoms with Crippen molar-refractivity contribution in [3.63, 3.8) is 0 Å². The average Bonchev–Trinajstić information content (AvgIpc) is 3.54. The number of allylic oxidation sites excluding steroid dienone is 4. The second kappa shape index (κ2) is 10.5. The van der Waals surface area contributed by atoms with Gasteiger partial charge in [-0.15, -0.1) is 0 Å². The summed E-state index contributed by atoms with van der Waals surface area (Å²) in [7, 11) is 0. The molecule has 1 aliphatic rings. The van der Waals surface area contributed by atoms with Gasteiger partial charge >= 0.3 is 0 Å². The molecule has 2 aromatic carbocycles. The van der Waals surface area contributed by atoms with Gasteiger partial charge in [0.15, 0.2) is 5.13 Å². The Morgan fingerprint density at radius 3 is 2.75 bits per heavy atom. The molecule has 180 valence electrons. The van der Waals surface area contributed by atoms with Crippen molar-refractivity contribution in [1.82, 2.24) is 15.5 Å². The summed E-state index contributed by atoms with van der Waals surface area (Å²) < 4.78 is 2.14. The Kier molecular flexibility index (Phi) is 6.86. The molecule has 8 heteroatoms. The summed E-state index contributed by atoms with van der Waals surface area (Å²) in [6.07, 6.45) is 11.8. The molecule has 0 saturated heterocycles. The predicted molar refractivity (Wildman–Crippen MR) is 144 cm³/mol. The Balaban J connectivity index is 1.36. The van der Waals surface area contributed by atoms with Crippen molar-refractivity contribution in [3.05, 3.63) is 107 Å². The molecule has 4 aromatic rings. The fourth-order valence-corrected chi connectivity index (χ4v) is 5.01. The molecule has 1 atom stereocenters. The Morgan fingerprint density at radius 1 is 1.22 bits per heavy atom. The molecule has 2 heterocycles. The second-order valence-electron chi connectivity index (χ2n) is 8.42. The summed E-state index contributed by atoms with van der Waals surface area (Å²) in [6, 6.07) is 20.6. The number of benzene rings is 2. The van der Waals surface area contributed by atoms with Gasteiger partial charge < -0.3 is 5.73 Å². The zero-order valence-corrected chi connectivity index (χ0v) is 20.7. The number of thiazole rings is 1. The van der Waals surface area contributed by atoms with Crippen LogP contribution < -0.4 is 15.8 Å². The van der Waals surface area contributed by atoms with Crippen molar-refractivity contribution in [2.24, 2.45) is 5.10 Å². The van der Waals surface area contributed by atoms with Crippen molar-refractivity contribution >= 4 is 28.6 Å². The largest absolute Gasteiger partial charge is 0.375 e. The number of hydrazone groups is 1. The first-order valence-corrected chi connectivity index (χ1v) is 12.7. The van der Waals surface area contributed by atoms with E-state index in [9.17, 15) is 4.79 Å². The number of aryl methyl sites for hydroxylation is 1. The summed E-state index contributed by atoms with van der Waals surface area (Å²) in [5.41, 5.74) is 14.3. The van der Waals surface area contributed by atoms with E-state index in [1.807, 2.05) is 49.4 Å². The monoisotopic (exact) mass is 495 g/mol. The highest BCUT2D eigenvalue weighted by atomic mass is 32.1. The van der Waals surface area contributed by atoms with E-state index >= 15 is 0 Å². The minimum Gasteiger partial charge on any atom is -0.375 e. The number of aromatic amines is 1. The number of nitrogens with zero attached hydrogens (tertiary/aromatic N) is 3. The molecule has 4 N–H and O–H groups in total. The first-order chi connectivity index (χ1) is 17.6. The van der Waals surface area contributed by atoms with Crippen molar-refractivity contribution in [2.75, 3.05) is 5.73 Å². The maximum absolute atomic E-state index is 12.4. The smallest absolute Gasteiger partial charge is 0.283 e. The van der Waals surface area contributed by atoms with Gasteiger partial charge in [0.05, 0.1) is 17.8 Å². The number of carbonyl (C=O) groups excluding carboxylic acids is 1. The summed E-state index contributed by atoms with van der Waals surface area (Å²) in [5.74, 6) is -0.0162. The molecule has 0 bridgehead atoms. The molecule has 0 aliphatic heterocycles. The first-order valence-electron chi connectivity index (χ1n) is 11.8. The van der Waals surface area contributed by atoms with E-state index in [0.717, 1.165) is 28.9 Å². The van der Waals surface area contributed by atoms with Crippen LogP contribution in [0.15, 0.2) is 90.1 Å². The van der Waals surface area contributed by atoms with Gasteiger partial charge in [-0.25, -0.2) is 10.4 Å². The molecule has 5 rings (SSSR count). The van der Waals surface area contributed by atoms with Crippen LogP contribution in [0.25, 0.3) is 16.9 Å². The molecule has 0 spiro atoms. The van der Waals surface area contributed by atoms with Crippen molar-refractivity contribution in [1.29, 1.82) is 0 Å². The van der Waals surface area contributed by atoms with Gasteiger partial charge in [0.2, 0.25) is 11.4 Å². The molecule has 0 saturated carbocycles. The van der Waals surface area contributed by atoms with Gasteiger partial charge in [-0.2, -0.15) is 10.2 Å². The Hall–Kier alpha value is -4.30. The SMILES string of the molecule is CCc1nc(N)sc1C(=O)NN=Cc1ccc(-[n+]2[nH]c(-c3ccccc3)cc2C2C=CC=CC2)cc1. The lowest BCUT2D eigenvalue weighted by Crippen LogP contribution is -2.37. The topological polar surface area (TPSA) is 100 Å². The summed E-state index contributed by atoms with van der Waals surface area (Å²) in [5, 5.41) is 8.08. The van der Waals surface area contributed by atoms with Crippen LogP contribution in [0.4, 0.5) is 5.13 Å². The molecule has 0 radical (unpaired) electrons. The zero-order valence-electron chi connectivity index (χ0n) is 19.9. The van der Waals surface area contributed by atoms with Gasteiger partial charge in [0.1, 0.15) is 10.6 Å². The van der Waals surface area contributed by atoms with E-state index in [0.29, 0.717) is 22.1 Å². The van der Waals surface area contributed by atoms with E-state index in [-0.39, 0.29) is 11.8 Å². The third-order valence-corrected chi connectivity index (χ3v) is 6.94. The maximum Gasteiger partial charge on any atom is 0.283 e. The van der Waals surface area contributed by atoms with Gasteiger partial charge in [0.25, 0.3) is 5.91 Å². The lowest BCUT2D eigenvalue weighted by Gasteiger charge is -2.08. The van der Waals surface area contributed by atoms with E-state index in [2.05, 4.69) is 67.8 Å². The van der Waals surface area contributed by atoms with Crippen LogP contribution in [0.2, 0.25) is 0 Å². The van der Waals surface area contributed by atoms with Crippen molar-refractivity contribution in [3.8, 4) is 16.9 Å². The average molecular weight is 496 g/mol. The van der Waals surface area contributed by atoms with E-state index in [4.69, 9.17) is 5.73 Å². The van der Waals surface area contributed by atoms with Crippen LogP contribution in [-0.4, -0.2) is 22.2 Å². The first kappa shape index (κ1) is 23.4. The van der Waals surface area contributed by atoms with Crippen LogP contribution in [0, 0.1) is 0 Å². The van der Waals surface area contributed by atoms with Crippen LogP contribution >= 0.6 is 11.3 Å². The lowest BCUT2D eigenvalue weighted by molar-refractivity contribution is -0.663. The summed E-state index contributed by atoms with van der Waals surface area (Å²) >= 11 is 1.17. The number of anilines is 1. The standard InChI is InChI=1S/C28H26N6OS/c1-2-23-26(36-28(29)31-23)27(35)32-30-18-19-13-15-22(16-14-19)34-25(21-11-7-4-8-12-21)17-24(33-34)20-9-5-3-6-10-20/h3-11,13-18,21H,2,12H2,1H3,(H3,29,31,32,35)/p+1. The van der Waals surface area contributed by atoms with Crippen LogP contribution in [-0.2, 0) is 6.42 Å². The van der Waals surface area contributed by atoms with Gasteiger partial charge in [-0.1, -0.05) is 77.6 Å². The highest BCUT2D eigenvalue weighted by Gasteiger charge is 2.26. The highest BCUT2D eigenvalue weighted by molar-refractivity contribution is 7.17.